The van der Waals surface area contributed by atoms with E-state index < -0.39 is 5.97 Å². The summed E-state index contributed by atoms with van der Waals surface area (Å²) in [5, 5.41) is 18.7. The van der Waals surface area contributed by atoms with E-state index in [0.717, 1.165) is 5.56 Å². The number of nitriles is 2. The monoisotopic (exact) mass is 430 g/mol. The van der Waals surface area contributed by atoms with Gasteiger partial charge >= 0.3 is 5.97 Å². The maximum absolute atomic E-state index is 13.1. The number of aromatic nitrogens is 2. The molecule has 1 aromatic carbocycles. The van der Waals surface area contributed by atoms with Crippen molar-refractivity contribution in [2.75, 3.05) is 20.3 Å². The van der Waals surface area contributed by atoms with Crippen molar-refractivity contribution in [1.82, 2.24) is 9.97 Å². The molecule has 2 aromatic heterocycles. The minimum Gasteiger partial charge on any atom is -0.496 e. The van der Waals surface area contributed by atoms with E-state index >= 15 is 0 Å². The number of rotatable bonds is 7. The van der Waals surface area contributed by atoms with Crippen molar-refractivity contribution >= 4 is 16.9 Å². The predicted molar refractivity (Wildman–Crippen MR) is 117 cm³/mol. The molecule has 3 rings (SSSR count). The lowest BCUT2D eigenvalue weighted by atomic mass is 9.92. The molecule has 0 unspecified atom stereocenters. The smallest absolute Gasteiger partial charge is 0.340 e. The van der Waals surface area contributed by atoms with Gasteiger partial charge in [0.05, 0.1) is 60.0 Å². The third-order valence-corrected chi connectivity index (χ3v) is 4.87. The van der Waals surface area contributed by atoms with Crippen molar-refractivity contribution in [3.8, 4) is 34.9 Å². The van der Waals surface area contributed by atoms with Gasteiger partial charge in [-0.05, 0) is 44.5 Å². The van der Waals surface area contributed by atoms with Crippen LogP contribution in [0.15, 0.2) is 24.4 Å². The molecule has 0 radical (unpaired) electrons. The summed E-state index contributed by atoms with van der Waals surface area (Å²) in [4.78, 5) is 22.2. The van der Waals surface area contributed by atoms with E-state index in [1.165, 1.54) is 7.11 Å². The Labute approximate surface area is 186 Å². The van der Waals surface area contributed by atoms with Crippen LogP contribution in [0.25, 0.3) is 22.0 Å². The Balaban J connectivity index is 2.45. The Hall–Kier alpha value is -4.17. The molecule has 0 saturated heterocycles. The van der Waals surface area contributed by atoms with Crippen LogP contribution in [0.5, 0.6) is 11.6 Å². The van der Waals surface area contributed by atoms with Crippen molar-refractivity contribution in [3.05, 3.63) is 46.8 Å². The van der Waals surface area contributed by atoms with E-state index in [0.29, 0.717) is 51.5 Å². The summed E-state index contributed by atoms with van der Waals surface area (Å²) in [5.41, 5.74) is 3.61. The van der Waals surface area contributed by atoms with Gasteiger partial charge in [-0.3, -0.25) is 4.98 Å². The number of hydrogen-bond acceptors (Lipinski definition) is 8. The Morgan fingerprint density at radius 2 is 2.00 bits per heavy atom. The van der Waals surface area contributed by atoms with Gasteiger partial charge in [-0.2, -0.15) is 10.5 Å². The highest BCUT2D eigenvalue weighted by molar-refractivity contribution is 6.10. The number of aryl methyl sites for hydroxylation is 2. The number of pyridine rings is 2. The van der Waals surface area contributed by atoms with Gasteiger partial charge in [-0.25, -0.2) is 9.78 Å². The number of carbonyl (C=O) groups excluding carboxylic acids is 1. The molecule has 0 fully saturated rings. The van der Waals surface area contributed by atoms with Crippen LogP contribution in [0.2, 0.25) is 0 Å². The lowest BCUT2D eigenvalue weighted by Crippen LogP contribution is -2.13. The highest BCUT2D eigenvalue weighted by Gasteiger charge is 2.27. The van der Waals surface area contributed by atoms with Crippen molar-refractivity contribution in [3.63, 3.8) is 0 Å². The summed E-state index contributed by atoms with van der Waals surface area (Å²) in [6.45, 7) is 5.77. The van der Waals surface area contributed by atoms with Gasteiger partial charge in [0.25, 0.3) is 0 Å². The second-order valence-corrected chi connectivity index (χ2v) is 6.92. The number of ether oxygens (including phenoxy) is 3. The second kappa shape index (κ2) is 9.76. The highest BCUT2D eigenvalue weighted by Crippen LogP contribution is 2.42. The molecule has 0 aliphatic heterocycles. The quantitative estimate of drug-likeness (QED) is 0.403. The van der Waals surface area contributed by atoms with Gasteiger partial charge < -0.3 is 14.2 Å². The van der Waals surface area contributed by atoms with Crippen molar-refractivity contribution in [2.45, 2.75) is 27.2 Å². The van der Waals surface area contributed by atoms with Crippen molar-refractivity contribution < 1.29 is 19.0 Å². The zero-order chi connectivity index (χ0) is 23.3. The Bertz CT molecular complexity index is 1270. The van der Waals surface area contributed by atoms with Gasteiger partial charge in [-0.1, -0.05) is 0 Å². The van der Waals surface area contributed by atoms with Gasteiger partial charge in [0.2, 0.25) is 5.88 Å². The van der Waals surface area contributed by atoms with Gasteiger partial charge in [0.15, 0.2) is 0 Å². The van der Waals surface area contributed by atoms with E-state index in [9.17, 15) is 10.1 Å². The maximum atomic E-state index is 13.1. The van der Waals surface area contributed by atoms with E-state index in [4.69, 9.17) is 19.5 Å². The molecule has 0 aliphatic carbocycles. The molecule has 8 nitrogen and oxygen atoms in total. The fourth-order valence-electron chi connectivity index (χ4n) is 3.47. The third kappa shape index (κ3) is 4.17. The Kier molecular flexibility index (Phi) is 6.87. The van der Waals surface area contributed by atoms with E-state index in [2.05, 4.69) is 16.0 Å². The Morgan fingerprint density at radius 3 is 2.66 bits per heavy atom. The molecule has 3 aromatic rings. The second-order valence-electron chi connectivity index (χ2n) is 6.92. The summed E-state index contributed by atoms with van der Waals surface area (Å²) >= 11 is 0. The van der Waals surface area contributed by atoms with Gasteiger partial charge in [0.1, 0.15) is 12.4 Å². The predicted octanol–water partition coefficient (Wildman–Crippen LogP) is 4.26. The molecule has 0 N–H and O–H groups in total. The average molecular weight is 430 g/mol. The van der Waals surface area contributed by atoms with Crippen LogP contribution in [0, 0.1) is 36.5 Å². The number of fused-ring (bicyclic) bond motifs is 1. The number of benzene rings is 1. The molecule has 0 saturated carbocycles. The van der Waals surface area contributed by atoms with Crippen LogP contribution in [-0.2, 0) is 4.74 Å². The maximum Gasteiger partial charge on any atom is 0.340 e. The van der Waals surface area contributed by atoms with Crippen LogP contribution in [0.3, 0.4) is 0 Å². The van der Waals surface area contributed by atoms with Crippen molar-refractivity contribution in [1.29, 1.82) is 10.5 Å². The molecule has 0 spiro atoms. The lowest BCUT2D eigenvalue weighted by Gasteiger charge is -2.19. The van der Waals surface area contributed by atoms with E-state index in [1.807, 2.05) is 19.9 Å². The van der Waals surface area contributed by atoms with E-state index in [-0.39, 0.29) is 18.6 Å². The molecule has 32 heavy (non-hydrogen) atoms. The zero-order valence-electron chi connectivity index (χ0n) is 18.4. The summed E-state index contributed by atoms with van der Waals surface area (Å²) in [6.07, 6.45) is 1.75. The van der Waals surface area contributed by atoms with Crippen LogP contribution in [0.1, 0.15) is 40.5 Å². The molecule has 0 amide bonds. The van der Waals surface area contributed by atoms with Crippen molar-refractivity contribution in [2.24, 2.45) is 0 Å². The Morgan fingerprint density at radius 1 is 1.22 bits per heavy atom. The first-order chi connectivity index (χ1) is 15.5. The SMILES string of the molecule is CCOc1ncc(C)c2nc(C)c(C(=O)OCCC#N)c(-c3ccc(C#N)cc3OC)c12. The fourth-order valence-corrected chi connectivity index (χ4v) is 3.47. The minimum atomic E-state index is -0.613. The minimum absolute atomic E-state index is 0.0405. The number of carbonyl (C=O) groups is 1. The van der Waals surface area contributed by atoms with Crippen LogP contribution in [0.4, 0.5) is 0 Å². The van der Waals surface area contributed by atoms with Crippen LogP contribution in [-0.4, -0.2) is 36.3 Å². The van der Waals surface area contributed by atoms with Gasteiger partial charge in [0, 0.05) is 17.3 Å². The number of methoxy groups -OCH3 is 1. The summed E-state index contributed by atoms with van der Waals surface area (Å²) in [6, 6.07) is 9.01. The number of esters is 1. The summed E-state index contributed by atoms with van der Waals surface area (Å²) < 4.78 is 16.7. The molecular weight excluding hydrogens is 408 g/mol. The van der Waals surface area contributed by atoms with Crippen LogP contribution >= 0.6 is 0 Å². The molecule has 2 heterocycles. The molecule has 162 valence electrons. The standard InChI is InChI=1S/C24H22N4O4/c1-5-31-23-21-20(17-8-7-16(12-26)11-18(17)30-4)19(24(29)32-10-6-9-25)15(3)28-22(21)14(2)13-27-23/h7-8,11,13H,5-6,10H2,1-4H3. The average Bonchev–Trinajstić information content (AvgIpc) is 2.80. The zero-order valence-corrected chi connectivity index (χ0v) is 18.4. The lowest BCUT2D eigenvalue weighted by molar-refractivity contribution is 0.0513. The van der Waals surface area contributed by atoms with Gasteiger partial charge in [-0.15, -0.1) is 0 Å². The third-order valence-electron chi connectivity index (χ3n) is 4.87. The van der Waals surface area contributed by atoms with E-state index in [1.54, 1.807) is 31.3 Å². The fraction of sp³-hybridized carbons (Fsp3) is 0.292. The first-order valence-electron chi connectivity index (χ1n) is 10.0. The summed E-state index contributed by atoms with van der Waals surface area (Å²) in [5.74, 6) is 0.122. The molecule has 8 heteroatoms. The molecule has 0 aliphatic rings. The van der Waals surface area contributed by atoms with Crippen LogP contribution < -0.4 is 9.47 Å². The number of hydrogen-bond donors (Lipinski definition) is 0. The first kappa shape index (κ1) is 22.5. The molecule has 0 bridgehead atoms. The number of nitrogens with zero attached hydrogens (tertiary/aromatic N) is 4. The topological polar surface area (TPSA) is 118 Å². The largest absolute Gasteiger partial charge is 0.496 e. The molecular formula is C24H22N4O4. The highest BCUT2D eigenvalue weighted by atomic mass is 16.5. The summed E-state index contributed by atoms with van der Waals surface area (Å²) in [7, 11) is 1.49. The normalized spacial score (nSPS) is 10.3. The first-order valence-corrected chi connectivity index (χ1v) is 10.0. The molecule has 0 atom stereocenters.